The second kappa shape index (κ2) is 18.8. The Morgan fingerprint density at radius 1 is 0.193 bits per heavy atom. The van der Waals surface area contributed by atoms with E-state index in [1.54, 1.807) is 0 Å². The number of fused-ring (bicyclic) bond motifs is 11. The van der Waals surface area contributed by atoms with Crippen LogP contribution >= 0.6 is 0 Å². The molecule has 83 heavy (non-hydrogen) atoms. The van der Waals surface area contributed by atoms with Crippen LogP contribution in [0.25, 0.3) is 171 Å². The van der Waals surface area contributed by atoms with Gasteiger partial charge in [0, 0.05) is 60.3 Å². The zero-order valence-electron chi connectivity index (χ0n) is 45.1. The van der Waals surface area contributed by atoms with Gasteiger partial charge < -0.3 is 13.4 Å². The summed E-state index contributed by atoms with van der Waals surface area (Å²) in [5.41, 5.74) is 22.6. The van der Waals surface area contributed by atoms with Crippen molar-refractivity contribution >= 4 is 87.2 Å². The Bertz CT molecular complexity index is 5200. The van der Waals surface area contributed by atoms with Crippen LogP contribution < -0.4 is 0 Å². The van der Waals surface area contributed by atoms with Crippen molar-refractivity contribution in [2.75, 3.05) is 0 Å². The van der Waals surface area contributed by atoms with E-state index >= 15 is 0 Å². The zero-order chi connectivity index (χ0) is 54.5. The highest BCUT2D eigenvalue weighted by atomic mass is 16.3. The summed E-state index contributed by atoms with van der Waals surface area (Å²) in [6.45, 7) is 0. The van der Waals surface area contributed by atoms with Crippen molar-refractivity contribution in [2.45, 2.75) is 0 Å². The third-order valence-corrected chi connectivity index (χ3v) is 17.2. The molecule has 0 amide bonds. The van der Waals surface area contributed by atoms with E-state index in [-0.39, 0.29) is 0 Å². The molecule has 14 aromatic carbocycles. The van der Waals surface area contributed by atoms with Crippen molar-refractivity contribution in [2.24, 2.45) is 0 Å². The van der Waals surface area contributed by atoms with Crippen molar-refractivity contribution in [3.05, 3.63) is 297 Å². The van der Waals surface area contributed by atoms with E-state index in [1.807, 2.05) is 0 Å². The average Bonchev–Trinajstić information content (AvgIpc) is 2.56. The standard InChI is InChI=1S/C80H49NO2/c1-5-20-50(21-6-1)59-32-16-36-68-70-38-18-34-61(79(70)82-77(59)68)56-41-43-63-64-44-42-57(62-35-19-39-71-69-37-17-33-60(78(69)83-80(62)71)51-22-7-2-8-23-51)49-74(64)81(73(63)48-56)58-29-15-28-54(46-58)55-40-45-67-72(47-55)76(53-26-11-4-12-27-53)66-31-14-13-30-65(66)75(67)52-24-9-3-10-25-52/h1-49H. The molecular formula is C80H49NO2. The Labute approximate surface area is 478 Å². The maximum absolute atomic E-state index is 7.04. The van der Waals surface area contributed by atoms with E-state index in [0.717, 1.165) is 127 Å². The van der Waals surface area contributed by atoms with Crippen molar-refractivity contribution in [3.8, 4) is 83.6 Å². The molecule has 0 saturated carbocycles. The van der Waals surface area contributed by atoms with Crippen LogP contribution in [0, 0.1) is 0 Å². The van der Waals surface area contributed by atoms with Gasteiger partial charge in [0.15, 0.2) is 0 Å². The van der Waals surface area contributed by atoms with Crippen molar-refractivity contribution in [1.29, 1.82) is 0 Å². The number of hydrogen-bond acceptors (Lipinski definition) is 2. The summed E-state index contributed by atoms with van der Waals surface area (Å²) in [5, 5.41) is 11.6. The topological polar surface area (TPSA) is 31.2 Å². The minimum atomic E-state index is 0.876. The first-order chi connectivity index (χ1) is 41.2. The van der Waals surface area contributed by atoms with Gasteiger partial charge in [0.2, 0.25) is 0 Å². The predicted octanol–water partition coefficient (Wildman–Crippen LogP) is 22.6. The molecule has 3 aromatic heterocycles. The summed E-state index contributed by atoms with van der Waals surface area (Å²) in [6.07, 6.45) is 0. The van der Waals surface area contributed by atoms with Crippen LogP contribution in [0.3, 0.4) is 0 Å². The predicted molar refractivity (Wildman–Crippen MR) is 348 cm³/mol. The van der Waals surface area contributed by atoms with Gasteiger partial charge in [-0.05, 0) is 108 Å². The lowest BCUT2D eigenvalue weighted by Crippen LogP contribution is -1.95. The maximum atomic E-state index is 7.04. The highest BCUT2D eigenvalue weighted by Crippen LogP contribution is 2.47. The Morgan fingerprint density at radius 3 is 0.976 bits per heavy atom. The molecule has 3 nitrogen and oxygen atoms in total. The highest BCUT2D eigenvalue weighted by molar-refractivity contribution is 6.22. The molecule has 0 fully saturated rings. The van der Waals surface area contributed by atoms with Gasteiger partial charge in [-0.25, -0.2) is 0 Å². The van der Waals surface area contributed by atoms with Crippen LogP contribution in [0.2, 0.25) is 0 Å². The molecule has 0 saturated heterocycles. The van der Waals surface area contributed by atoms with E-state index in [0.29, 0.717) is 0 Å². The monoisotopic (exact) mass is 1060 g/mol. The van der Waals surface area contributed by atoms with Crippen LogP contribution in [0.5, 0.6) is 0 Å². The van der Waals surface area contributed by atoms with Gasteiger partial charge in [0.05, 0.1) is 11.0 Å². The summed E-state index contributed by atoms with van der Waals surface area (Å²) < 4.78 is 16.5. The fraction of sp³-hybridized carbons (Fsp3) is 0. The molecule has 0 aliphatic rings. The summed E-state index contributed by atoms with van der Waals surface area (Å²) in [5.74, 6) is 0. The molecule has 0 aliphatic carbocycles. The van der Waals surface area contributed by atoms with Gasteiger partial charge in [-0.3, -0.25) is 0 Å². The van der Waals surface area contributed by atoms with Crippen LogP contribution in [0.1, 0.15) is 0 Å². The Kier molecular flexibility index (Phi) is 10.6. The number of aromatic nitrogens is 1. The molecule has 0 bridgehead atoms. The number of benzene rings is 14. The largest absolute Gasteiger partial charge is 0.455 e. The number of para-hydroxylation sites is 4. The molecule has 0 aliphatic heterocycles. The van der Waals surface area contributed by atoms with E-state index in [1.165, 1.54) is 43.8 Å². The van der Waals surface area contributed by atoms with Crippen LogP contribution in [0.15, 0.2) is 306 Å². The first-order valence-electron chi connectivity index (χ1n) is 28.5. The van der Waals surface area contributed by atoms with Crippen molar-refractivity contribution in [1.82, 2.24) is 4.57 Å². The number of hydrogen-bond donors (Lipinski definition) is 0. The highest BCUT2D eigenvalue weighted by Gasteiger charge is 2.23. The van der Waals surface area contributed by atoms with E-state index in [2.05, 4.69) is 302 Å². The van der Waals surface area contributed by atoms with Gasteiger partial charge in [0.25, 0.3) is 0 Å². The lowest BCUT2D eigenvalue weighted by Gasteiger charge is -2.19. The van der Waals surface area contributed by atoms with Crippen LogP contribution in [0.4, 0.5) is 0 Å². The van der Waals surface area contributed by atoms with Gasteiger partial charge in [0.1, 0.15) is 22.3 Å². The fourth-order valence-corrected chi connectivity index (χ4v) is 13.4. The Balaban J connectivity index is 0.890. The molecule has 0 atom stereocenters. The molecule has 386 valence electrons. The molecule has 0 N–H and O–H groups in total. The summed E-state index contributed by atoms with van der Waals surface area (Å²) in [7, 11) is 0. The Morgan fingerprint density at radius 2 is 0.518 bits per heavy atom. The minimum absolute atomic E-state index is 0.876. The molecular weight excluding hydrogens is 1010 g/mol. The van der Waals surface area contributed by atoms with Crippen LogP contribution in [-0.4, -0.2) is 4.57 Å². The van der Waals surface area contributed by atoms with Gasteiger partial charge in [-0.2, -0.15) is 0 Å². The third-order valence-electron chi connectivity index (χ3n) is 17.2. The molecule has 0 unspecified atom stereocenters. The van der Waals surface area contributed by atoms with Gasteiger partial charge >= 0.3 is 0 Å². The normalized spacial score (nSPS) is 11.9. The van der Waals surface area contributed by atoms with Crippen molar-refractivity contribution in [3.63, 3.8) is 0 Å². The van der Waals surface area contributed by atoms with Crippen molar-refractivity contribution < 1.29 is 8.83 Å². The number of nitrogens with zero attached hydrogens (tertiary/aromatic N) is 1. The second-order valence-electron chi connectivity index (χ2n) is 21.8. The van der Waals surface area contributed by atoms with Gasteiger partial charge in [-0.15, -0.1) is 0 Å². The van der Waals surface area contributed by atoms with Gasteiger partial charge in [-0.1, -0.05) is 267 Å². The van der Waals surface area contributed by atoms with E-state index in [4.69, 9.17) is 8.83 Å². The van der Waals surface area contributed by atoms with E-state index < -0.39 is 0 Å². The number of furan rings is 2. The smallest absolute Gasteiger partial charge is 0.143 e. The lowest BCUT2D eigenvalue weighted by atomic mass is 9.85. The fourth-order valence-electron chi connectivity index (χ4n) is 13.4. The zero-order valence-corrected chi connectivity index (χ0v) is 45.1. The summed E-state index contributed by atoms with van der Waals surface area (Å²) in [6, 6.07) is 108. The quantitative estimate of drug-likeness (QED) is 0.142. The lowest BCUT2D eigenvalue weighted by molar-refractivity contribution is 0.670. The summed E-state index contributed by atoms with van der Waals surface area (Å²) >= 11 is 0. The number of rotatable bonds is 8. The molecule has 3 heteroatoms. The first-order valence-corrected chi connectivity index (χ1v) is 28.5. The average molecular weight is 1060 g/mol. The molecule has 0 radical (unpaired) electrons. The Hall–Kier alpha value is -11.0. The molecule has 17 rings (SSSR count). The van der Waals surface area contributed by atoms with E-state index in [9.17, 15) is 0 Å². The molecule has 17 aromatic rings. The molecule has 0 spiro atoms. The maximum Gasteiger partial charge on any atom is 0.143 e. The van der Waals surface area contributed by atoms with Crippen LogP contribution in [-0.2, 0) is 0 Å². The first kappa shape index (κ1) is 46.9. The summed E-state index contributed by atoms with van der Waals surface area (Å²) in [4.78, 5) is 0. The minimum Gasteiger partial charge on any atom is -0.455 e. The third kappa shape index (κ3) is 7.45. The molecule has 3 heterocycles. The second-order valence-corrected chi connectivity index (χ2v) is 21.8. The SMILES string of the molecule is c1ccc(-c2c3ccccc3c(-c3ccccc3)c3cc(-c4cccc(-n5c6cc(-c7cccc8c7oc7c(-c9ccccc9)cccc78)ccc6c6ccc(-c7cccc8c7oc7c(-c9ccccc9)cccc78)cc65)c4)ccc23)cc1.